The van der Waals surface area contributed by atoms with E-state index in [0.717, 1.165) is 29.0 Å². The molecule has 2 unspecified atom stereocenters. The largest absolute Gasteiger partial charge is 0.283 e. The Balaban J connectivity index is 1.36. The first-order chi connectivity index (χ1) is 24.2. The lowest BCUT2D eigenvalue weighted by Gasteiger charge is -2.37. The van der Waals surface area contributed by atoms with E-state index < -0.39 is 5.66 Å². The average molecular weight is 652 g/mol. The van der Waals surface area contributed by atoms with Gasteiger partial charge in [-0.3, -0.25) is 15.3 Å². The Labute approximate surface area is 296 Å². The number of aliphatic imine (C=N–C) groups is 1. The summed E-state index contributed by atoms with van der Waals surface area (Å²) in [5.41, 5.74) is 7.17. The molecule has 1 aromatic heterocycles. The number of fused-ring (bicyclic) bond motifs is 4. The van der Waals surface area contributed by atoms with Crippen molar-refractivity contribution in [1.82, 2.24) is 10.3 Å². The maximum Gasteiger partial charge on any atom is 0.133 e. The monoisotopic (exact) mass is 651 g/mol. The Morgan fingerprint density at radius 1 is 0.900 bits per heavy atom. The van der Waals surface area contributed by atoms with Crippen LogP contribution in [0.3, 0.4) is 0 Å². The van der Waals surface area contributed by atoms with Crippen LogP contribution in [0.15, 0.2) is 157 Å². The van der Waals surface area contributed by atoms with Gasteiger partial charge in [0.1, 0.15) is 5.66 Å². The molecule has 1 heterocycles. The highest BCUT2D eigenvalue weighted by molar-refractivity contribution is 6.18. The standard InChI is InChI=1S/C47H45N3/c1-7-8-19-38-32(2)43(30-35-17-9-11-20-39(35)38)33(3)49-47(6,37-25-27-46(5,28-26-37)45-24-15-16-29-48-45)50-34(4)44-31-36-18-10-12-21-40(36)41-22-13-14-23-42(41)44/h7-27,29-31,33,49H,1,28H2,2-6H3/b19-8-,50-34+/t33-,46?,47?/m1/s1. The molecule has 1 aliphatic rings. The number of allylic oxidation sites excluding steroid dienone is 4. The van der Waals surface area contributed by atoms with Crippen molar-refractivity contribution in [2.24, 2.45) is 4.99 Å². The van der Waals surface area contributed by atoms with E-state index >= 15 is 0 Å². The van der Waals surface area contributed by atoms with Crippen molar-refractivity contribution in [2.45, 2.75) is 58.2 Å². The summed E-state index contributed by atoms with van der Waals surface area (Å²) in [5, 5.41) is 11.4. The van der Waals surface area contributed by atoms with E-state index in [1.54, 1.807) is 0 Å². The lowest BCUT2D eigenvalue weighted by Crippen LogP contribution is -2.45. The van der Waals surface area contributed by atoms with Gasteiger partial charge >= 0.3 is 0 Å². The minimum Gasteiger partial charge on any atom is -0.283 e. The maximum absolute atomic E-state index is 5.65. The number of hydrogen-bond acceptors (Lipinski definition) is 3. The minimum atomic E-state index is -0.729. The van der Waals surface area contributed by atoms with Gasteiger partial charge in [0.25, 0.3) is 0 Å². The van der Waals surface area contributed by atoms with Gasteiger partial charge in [0.05, 0.1) is 5.69 Å². The zero-order valence-corrected chi connectivity index (χ0v) is 29.7. The molecule has 7 rings (SSSR count). The van der Waals surface area contributed by atoms with Gasteiger partial charge < -0.3 is 0 Å². The number of aromatic nitrogens is 1. The Hall–Kier alpha value is -5.38. The molecule has 1 N–H and O–H groups in total. The van der Waals surface area contributed by atoms with Gasteiger partial charge in [0.15, 0.2) is 0 Å². The fraction of sp³-hybridized carbons (Fsp3) is 0.191. The van der Waals surface area contributed by atoms with Crippen LogP contribution in [-0.2, 0) is 5.41 Å². The molecule has 5 aromatic carbocycles. The van der Waals surface area contributed by atoms with E-state index in [2.05, 4.69) is 168 Å². The van der Waals surface area contributed by atoms with Crippen LogP contribution in [0.2, 0.25) is 0 Å². The zero-order chi connectivity index (χ0) is 34.9. The number of pyridine rings is 1. The van der Waals surface area contributed by atoms with Gasteiger partial charge in [-0.15, -0.1) is 0 Å². The molecule has 0 spiro atoms. The summed E-state index contributed by atoms with van der Waals surface area (Å²) in [6.07, 6.45) is 15.7. The normalized spacial score (nSPS) is 18.4. The molecule has 0 radical (unpaired) electrons. The molecular formula is C47H45N3. The Morgan fingerprint density at radius 2 is 1.56 bits per heavy atom. The topological polar surface area (TPSA) is 37.3 Å². The van der Waals surface area contributed by atoms with Gasteiger partial charge in [-0.25, -0.2) is 0 Å². The van der Waals surface area contributed by atoms with Gasteiger partial charge in [-0.05, 0) is 113 Å². The first-order valence-corrected chi connectivity index (χ1v) is 17.6. The van der Waals surface area contributed by atoms with Gasteiger partial charge in [-0.1, -0.05) is 129 Å². The van der Waals surface area contributed by atoms with E-state index in [4.69, 9.17) is 9.98 Å². The summed E-state index contributed by atoms with van der Waals surface area (Å²) in [6, 6.07) is 36.8. The molecular weight excluding hydrogens is 607 g/mol. The molecule has 0 amide bonds. The fourth-order valence-electron chi connectivity index (χ4n) is 7.74. The Bertz CT molecular complexity index is 2360. The van der Waals surface area contributed by atoms with Crippen LogP contribution in [0.4, 0.5) is 0 Å². The summed E-state index contributed by atoms with van der Waals surface area (Å²) in [7, 11) is 0. The van der Waals surface area contributed by atoms with Crippen LogP contribution in [0.25, 0.3) is 38.4 Å². The summed E-state index contributed by atoms with van der Waals surface area (Å²) in [4.78, 5) is 10.4. The molecule has 248 valence electrons. The van der Waals surface area contributed by atoms with Crippen molar-refractivity contribution < 1.29 is 0 Å². The highest BCUT2D eigenvalue weighted by Gasteiger charge is 2.35. The molecule has 6 aromatic rings. The lowest BCUT2D eigenvalue weighted by molar-refractivity contribution is 0.384. The molecule has 0 fully saturated rings. The van der Waals surface area contributed by atoms with Gasteiger partial charge in [0.2, 0.25) is 0 Å². The van der Waals surface area contributed by atoms with E-state index in [-0.39, 0.29) is 11.5 Å². The Kier molecular flexibility index (Phi) is 8.94. The van der Waals surface area contributed by atoms with E-state index in [1.807, 2.05) is 24.4 Å². The van der Waals surface area contributed by atoms with Crippen molar-refractivity contribution in [2.75, 3.05) is 0 Å². The number of hydrogen-bond donors (Lipinski definition) is 1. The zero-order valence-electron chi connectivity index (χ0n) is 29.7. The first kappa shape index (κ1) is 33.1. The minimum absolute atomic E-state index is 0.0104. The van der Waals surface area contributed by atoms with Gasteiger partial charge in [0, 0.05) is 28.9 Å². The van der Waals surface area contributed by atoms with Crippen LogP contribution in [-0.4, -0.2) is 16.4 Å². The first-order valence-electron chi connectivity index (χ1n) is 17.6. The second-order valence-electron chi connectivity index (χ2n) is 14.0. The number of rotatable bonds is 9. The van der Waals surface area contributed by atoms with E-state index in [0.29, 0.717) is 0 Å². The fourth-order valence-corrected chi connectivity index (χ4v) is 7.74. The lowest BCUT2D eigenvalue weighted by atomic mass is 9.77. The third kappa shape index (κ3) is 6.14. The molecule has 3 nitrogen and oxygen atoms in total. The predicted octanol–water partition coefficient (Wildman–Crippen LogP) is 11.8. The second-order valence-corrected chi connectivity index (χ2v) is 14.0. The van der Waals surface area contributed by atoms with E-state index in [9.17, 15) is 0 Å². The number of nitrogens with zero attached hydrogens (tertiary/aromatic N) is 2. The van der Waals surface area contributed by atoms with Crippen molar-refractivity contribution >= 4 is 44.1 Å². The third-order valence-corrected chi connectivity index (χ3v) is 10.5. The molecule has 0 aliphatic heterocycles. The third-order valence-electron chi connectivity index (χ3n) is 10.5. The van der Waals surface area contributed by atoms with Crippen molar-refractivity contribution in [3.05, 3.63) is 180 Å². The summed E-state index contributed by atoms with van der Waals surface area (Å²) < 4.78 is 0. The molecule has 0 saturated heterocycles. The second kappa shape index (κ2) is 13.5. The van der Waals surface area contributed by atoms with Gasteiger partial charge in [-0.2, -0.15) is 0 Å². The highest BCUT2D eigenvalue weighted by Crippen LogP contribution is 2.38. The van der Waals surface area contributed by atoms with Crippen LogP contribution < -0.4 is 5.32 Å². The molecule has 3 heteroatoms. The van der Waals surface area contributed by atoms with Crippen molar-refractivity contribution in [3.8, 4) is 0 Å². The average Bonchev–Trinajstić information content (AvgIpc) is 3.14. The van der Waals surface area contributed by atoms with Crippen LogP contribution in [0.5, 0.6) is 0 Å². The smallest absolute Gasteiger partial charge is 0.133 e. The van der Waals surface area contributed by atoms with E-state index in [1.165, 1.54) is 49.0 Å². The quantitative estimate of drug-likeness (QED) is 0.0959. The SMILES string of the molecule is C=C/C=C\c1c(C)c([C@@H](C)NC(C)(/N=C(\C)c2cc3ccccc3c3ccccc23)C2=CCC(C)(c3ccccn3)C=C2)cc2ccccc12. The summed E-state index contributed by atoms with van der Waals surface area (Å²) in [5.74, 6) is 0. The number of nitrogens with one attached hydrogen (secondary N) is 1. The molecule has 50 heavy (non-hydrogen) atoms. The van der Waals surface area contributed by atoms with Crippen molar-refractivity contribution in [3.63, 3.8) is 0 Å². The highest BCUT2D eigenvalue weighted by atomic mass is 15.2. The predicted molar refractivity (Wildman–Crippen MR) is 215 cm³/mol. The Morgan fingerprint density at radius 3 is 2.24 bits per heavy atom. The molecule has 0 bridgehead atoms. The molecule has 3 atom stereocenters. The molecule has 1 aliphatic carbocycles. The van der Waals surface area contributed by atoms with Crippen LogP contribution >= 0.6 is 0 Å². The van der Waals surface area contributed by atoms with Crippen molar-refractivity contribution in [1.29, 1.82) is 0 Å². The maximum atomic E-state index is 5.65. The summed E-state index contributed by atoms with van der Waals surface area (Å²) >= 11 is 0. The van der Waals surface area contributed by atoms with Crippen LogP contribution in [0.1, 0.15) is 68.1 Å². The van der Waals surface area contributed by atoms with Crippen LogP contribution in [0, 0.1) is 6.92 Å². The molecule has 0 saturated carbocycles. The number of benzene rings is 5. The summed E-state index contributed by atoms with van der Waals surface area (Å²) in [6.45, 7) is 15.1.